The normalized spacial score (nSPS) is 22.4. The van der Waals surface area contributed by atoms with Crippen molar-refractivity contribution in [3.05, 3.63) is 64.5 Å². The third kappa shape index (κ3) is 4.29. The van der Waals surface area contributed by atoms with E-state index in [4.69, 9.17) is 21.1 Å². The molecule has 0 radical (unpaired) electrons. The number of piperidine rings is 1. The van der Waals surface area contributed by atoms with E-state index in [2.05, 4.69) is 27.9 Å². The minimum Gasteiger partial charge on any atom is -0.393 e. The summed E-state index contributed by atoms with van der Waals surface area (Å²) < 4.78 is 22.1. The van der Waals surface area contributed by atoms with Crippen LogP contribution in [0.2, 0.25) is 5.02 Å². The van der Waals surface area contributed by atoms with Gasteiger partial charge in [0.25, 0.3) is 0 Å². The molecule has 38 heavy (non-hydrogen) atoms. The maximum Gasteiger partial charge on any atom is 0.227 e. The lowest BCUT2D eigenvalue weighted by Crippen LogP contribution is -2.40. The molecule has 1 aliphatic carbocycles. The summed E-state index contributed by atoms with van der Waals surface area (Å²) >= 11 is 5.95. The van der Waals surface area contributed by atoms with Gasteiger partial charge in [-0.05, 0) is 88.3 Å². The van der Waals surface area contributed by atoms with Crippen LogP contribution in [0, 0.1) is 19.7 Å². The van der Waals surface area contributed by atoms with Crippen LogP contribution >= 0.6 is 11.6 Å². The molecule has 1 atom stereocenters. The number of aromatic nitrogens is 3. The number of amides is 1. The van der Waals surface area contributed by atoms with Gasteiger partial charge in [-0.3, -0.25) is 4.79 Å². The number of benzene rings is 2. The Labute approximate surface area is 225 Å². The molecule has 0 unspecified atom stereocenters. The van der Waals surface area contributed by atoms with Gasteiger partial charge in [0.1, 0.15) is 17.4 Å². The van der Waals surface area contributed by atoms with Crippen molar-refractivity contribution in [2.75, 3.05) is 4.90 Å². The highest BCUT2D eigenvalue weighted by Crippen LogP contribution is 2.42. The second kappa shape index (κ2) is 9.82. The standard InChI is InChI=1S/C29H30ClFN4O3/c1-16-28(17(2)38-33-16)18-6-13-25-24(14-18)32-29(35(25)19-7-10-21(36)11-8-19)26-4-3-5-27(37)34(26)20-9-12-22(30)23(31)15-20/h6,9,12-15,19,21,26,36H,3-5,7-8,10-11H2,1-2H3/t19?,21?,26-/m0/s1. The molecule has 2 fully saturated rings. The molecule has 1 saturated carbocycles. The summed E-state index contributed by atoms with van der Waals surface area (Å²) in [5, 5.41) is 14.3. The molecule has 1 amide bonds. The summed E-state index contributed by atoms with van der Waals surface area (Å²) in [6.07, 6.45) is 4.63. The average molecular weight is 537 g/mol. The average Bonchev–Trinajstić information content (AvgIpc) is 3.45. The molecule has 1 aliphatic heterocycles. The predicted molar refractivity (Wildman–Crippen MR) is 144 cm³/mol. The molecule has 1 N–H and O–H groups in total. The Morgan fingerprint density at radius 2 is 1.87 bits per heavy atom. The Balaban J connectivity index is 1.51. The zero-order valence-electron chi connectivity index (χ0n) is 21.5. The van der Waals surface area contributed by atoms with E-state index >= 15 is 0 Å². The van der Waals surface area contributed by atoms with Gasteiger partial charge in [-0.15, -0.1) is 0 Å². The summed E-state index contributed by atoms with van der Waals surface area (Å²) in [7, 11) is 0. The van der Waals surface area contributed by atoms with E-state index in [0.29, 0.717) is 18.5 Å². The molecule has 2 aliphatic rings. The third-order valence-electron chi connectivity index (χ3n) is 8.00. The molecular formula is C29H30ClFN4O3. The van der Waals surface area contributed by atoms with Gasteiger partial charge in [0.05, 0.1) is 33.9 Å². The monoisotopic (exact) mass is 536 g/mol. The predicted octanol–water partition coefficient (Wildman–Crippen LogP) is 6.83. The van der Waals surface area contributed by atoms with Crippen LogP contribution in [0.3, 0.4) is 0 Å². The van der Waals surface area contributed by atoms with E-state index in [1.54, 1.807) is 11.0 Å². The van der Waals surface area contributed by atoms with Crippen molar-refractivity contribution >= 4 is 34.2 Å². The second-order valence-electron chi connectivity index (χ2n) is 10.5. The lowest BCUT2D eigenvalue weighted by molar-refractivity contribution is -0.120. The Hall–Kier alpha value is -3.23. The van der Waals surface area contributed by atoms with Crippen LogP contribution in [0.4, 0.5) is 10.1 Å². The second-order valence-corrected chi connectivity index (χ2v) is 10.9. The van der Waals surface area contributed by atoms with Crippen LogP contribution in [0.5, 0.6) is 0 Å². The number of rotatable bonds is 4. The number of aliphatic hydroxyl groups excluding tert-OH is 1. The number of fused-ring (bicyclic) bond motifs is 1. The Morgan fingerprint density at radius 3 is 2.58 bits per heavy atom. The first kappa shape index (κ1) is 25.1. The number of hydrogen-bond donors (Lipinski definition) is 1. The fourth-order valence-corrected chi connectivity index (χ4v) is 6.29. The lowest BCUT2D eigenvalue weighted by Gasteiger charge is -2.37. The highest BCUT2D eigenvalue weighted by molar-refractivity contribution is 6.30. The number of anilines is 1. The minimum atomic E-state index is -0.555. The van der Waals surface area contributed by atoms with Gasteiger partial charge in [-0.2, -0.15) is 0 Å². The number of aryl methyl sites for hydroxylation is 2. The Kier molecular flexibility index (Phi) is 6.48. The number of halogens is 2. The van der Waals surface area contributed by atoms with Crippen molar-refractivity contribution in [1.82, 2.24) is 14.7 Å². The van der Waals surface area contributed by atoms with Gasteiger partial charge < -0.3 is 19.1 Å². The van der Waals surface area contributed by atoms with Crippen molar-refractivity contribution in [1.29, 1.82) is 0 Å². The first-order valence-corrected chi connectivity index (χ1v) is 13.6. The molecule has 9 heteroatoms. The van der Waals surface area contributed by atoms with E-state index in [0.717, 1.165) is 71.5 Å². The zero-order chi connectivity index (χ0) is 26.6. The molecule has 198 valence electrons. The summed E-state index contributed by atoms with van der Waals surface area (Å²) in [6, 6.07) is 10.5. The SMILES string of the molecule is Cc1noc(C)c1-c1ccc2c(c1)nc([C@@H]1CCCC(=O)N1c1ccc(Cl)c(F)c1)n2C1CCC(O)CC1. The molecule has 2 aromatic carbocycles. The van der Waals surface area contributed by atoms with Gasteiger partial charge in [-0.1, -0.05) is 22.8 Å². The fourth-order valence-electron chi connectivity index (χ4n) is 6.18. The number of carbonyl (C=O) groups is 1. The maximum absolute atomic E-state index is 14.5. The minimum absolute atomic E-state index is 0.0228. The van der Waals surface area contributed by atoms with E-state index in [-0.39, 0.29) is 29.1 Å². The highest BCUT2D eigenvalue weighted by Gasteiger charge is 2.36. The number of aliphatic hydroxyl groups is 1. The van der Waals surface area contributed by atoms with Crippen LogP contribution in [0.1, 0.15) is 74.3 Å². The number of nitrogens with zero attached hydrogens (tertiary/aromatic N) is 4. The maximum atomic E-state index is 14.5. The fraction of sp³-hybridized carbons (Fsp3) is 0.414. The molecule has 0 spiro atoms. The van der Waals surface area contributed by atoms with Gasteiger partial charge in [0, 0.05) is 23.7 Å². The van der Waals surface area contributed by atoms with Crippen molar-refractivity contribution in [2.45, 2.75) is 77.0 Å². The van der Waals surface area contributed by atoms with E-state index in [9.17, 15) is 14.3 Å². The molecule has 0 bridgehead atoms. The van der Waals surface area contributed by atoms with E-state index in [1.165, 1.54) is 12.1 Å². The summed E-state index contributed by atoms with van der Waals surface area (Å²) in [4.78, 5) is 20.1. The molecule has 4 aromatic rings. The van der Waals surface area contributed by atoms with Crippen LogP contribution in [-0.4, -0.2) is 31.8 Å². The lowest BCUT2D eigenvalue weighted by atomic mass is 9.92. The number of carbonyl (C=O) groups excluding carboxylic acids is 1. The van der Waals surface area contributed by atoms with E-state index < -0.39 is 5.82 Å². The molecule has 3 heterocycles. The Morgan fingerprint density at radius 1 is 1.08 bits per heavy atom. The summed E-state index contributed by atoms with van der Waals surface area (Å²) in [6.45, 7) is 3.82. The molecule has 2 aromatic heterocycles. The Bertz CT molecular complexity index is 1500. The van der Waals surface area contributed by atoms with Crippen LogP contribution in [0.25, 0.3) is 22.2 Å². The van der Waals surface area contributed by atoms with Crippen LogP contribution in [-0.2, 0) is 4.79 Å². The number of hydrogen-bond acceptors (Lipinski definition) is 5. The first-order valence-electron chi connectivity index (χ1n) is 13.2. The molecule has 7 nitrogen and oxygen atoms in total. The van der Waals surface area contributed by atoms with Crippen molar-refractivity contribution in [3.8, 4) is 11.1 Å². The molecule has 6 rings (SSSR count). The van der Waals surface area contributed by atoms with Crippen molar-refractivity contribution < 1.29 is 18.8 Å². The number of imidazole rings is 1. The highest BCUT2D eigenvalue weighted by atomic mass is 35.5. The molecule has 1 saturated heterocycles. The van der Waals surface area contributed by atoms with Crippen LogP contribution < -0.4 is 4.90 Å². The van der Waals surface area contributed by atoms with Crippen LogP contribution in [0.15, 0.2) is 40.9 Å². The van der Waals surface area contributed by atoms with E-state index in [1.807, 2.05) is 13.8 Å². The van der Waals surface area contributed by atoms with Crippen molar-refractivity contribution in [3.63, 3.8) is 0 Å². The van der Waals surface area contributed by atoms with Gasteiger partial charge in [-0.25, -0.2) is 9.37 Å². The van der Waals surface area contributed by atoms with Gasteiger partial charge >= 0.3 is 0 Å². The first-order chi connectivity index (χ1) is 18.3. The summed E-state index contributed by atoms with van der Waals surface area (Å²) in [5.74, 6) is 0.925. The van der Waals surface area contributed by atoms with Gasteiger partial charge in [0.15, 0.2) is 0 Å². The quantitative estimate of drug-likeness (QED) is 0.309. The molecular weight excluding hydrogens is 507 g/mol. The third-order valence-corrected chi connectivity index (χ3v) is 8.30. The smallest absolute Gasteiger partial charge is 0.227 e. The topological polar surface area (TPSA) is 84.4 Å². The summed E-state index contributed by atoms with van der Waals surface area (Å²) in [5.41, 5.74) is 5.03. The zero-order valence-corrected chi connectivity index (χ0v) is 22.2. The van der Waals surface area contributed by atoms with Gasteiger partial charge in [0.2, 0.25) is 5.91 Å². The van der Waals surface area contributed by atoms with Crippen molar-refractivity contribution in [2.24, 2.45) is 0 Å². The largest absolute Gasteiger partial charge is 0.393 e.